The number of likely N-dealkylation sites (N-methyl/N-ethyl adjacent to an activating group) is 1. The van der Waals surface area contributed by atoms with Crippen molar-refractivity contribution < 1.29 is 9.53 Å². The lowest BCUT2D eigenvalue weighted by Crippen LogP contribution is -2.28. The van der Waals surface area contributed by atoms with Crippen molar-refractivity contribution in [2.75, 3.05) is 19.7 Å². The number of carbonyl (C=O) groups is 1. The largest absolute Gasteiger partial charge is 0.461 e. The molecule has 3 nitrogen and oxygen atoms in total. The molecule has 0 aromatic heterocycles. The zero-order chi connectivity index (χ0) is 23.0. The molecule has 0 amide bonds. The van der Waals surface area contributed by atoms with Crippen LogP contribution in [0.25, 0.3) is 0 Å². The van der Waals surface area contributed by atoms with E-state index in [4.69, 9.17) is 4.74 Å². The fourth-order valence-corrected chi connectivity index (χ4v) is 3.06. The van der Waals surface area contributed by atoms with Crippen LogP contribution in [0.4, 0.5) is 0 Å². The molecule has 0 bridgehead atoms. The molecule has 174 valence electrons. The molecule has 0 saturated heterocycles. The van der Waals surface area contributed by atoms with Gasteiger partial charge in [0.05, 0.1) is 6.61 Å². The van der Waals surface area contributed by atoms with Gasteiger partial charge in [-0.3, -0.25) is 0 Å². The van der Waals surface area contributed by atoms with Gasteiger partial charge >= 0.3 is 5.97 Å². The first-order valence-corrected chi connectivity index (χ1v) is 12.2. The summed E-state index contributed by atoms with van der Waals surface area (Å²) < 4.78 is 5.15. The summed E-state index contributed by atoms with van der Waals surface area (Å²) in [5.74, 6) is -0.273. The van der Waals surface area contributed by atoms with Gasteiger partial charge in [0, 0.05) is 13.1 Å². The van der Waals surface area contributed by atoms with Crippen molar-refractivity contribution >= 4 is 5.97 Å². The molecule has 0 aliphatic rings. The van der Waals surface area contributed by atoms with Crippen LogP contribution in [0.3, 0.4) is 0 Å². The molecule has 0 atom stereocenters. The number of hydrogen-bond acceptors (Lipinski definition) is 3. The van der Waals surface area contributed by atoms with Crippen molar-refractivity contribution in [3.05, 3.63) is 72.5 Å². The fourth-order valence-electron chi connectivity index (χ4n) is 3.06. The van der Waals surface area contributed by atoms with Crippen molar-refractivity contribution in [2.24, 2.45) is 0 Å². The second-order valence-electron chi connectivity index (χ2n) is 7.32. The second kappa shape index (κ2) is 22.4. The molecule has 0 unspecified atom stereocenters. The van der Waals surface area contributed by atoms with Gasteiger partial charge in [-0.25, -0.2) is 4.79 Å². The number of rotatable bonds is 18. The fraction of sp³-hybridized carbons (Fsp3) is 0.536. The Morgan fingerprint density at radius 2 is 1.19 bits per heavy atom. The Balaban J connectivity index is 4.19. The molecule has 0 heterocycles. The zero-order valence-electron chi connectivity index (χ0n) is 20.4. The van der Waals surface area contributed by atoms with E-state index in [0.29, 0.717) is 12.3 Å². The van der Waals surface area contributed by atoms with Crippen molar-refractivity contribution in [3.8, 4) is 0 Å². The predicted octanol–water partition coefficient (Wildman–Crippen LogP) is 7.70. The van der Waals surface area contributed by atoms with Gasteiger partial charge in [-0.05, 0) is 39.7 Å². The van der Waals surface area contributed by atoms with Crippen LogP contribution in [-0.4, -0.2) is 30.6 Å². The molecule has 31 heavy (non-hydrogen) atoms. The number of unbranched alkanes of at least 4 members (excludes halogenated alkanes) is 7. The molecule has 0 rings (SSSR count). The van der Waals surface area contributed by atoms with Gasteiger partial charge in [-0.15, -0.1) is 0 Å². The van der Waals surface area contributed by atoms with E-state index in [-0.39, 0.29) is 5.97 Å². The van der Waals surface area contributed by atoms with Gasteiger partial charge in [-0.2, -0.15) is 0 Å². The molecule has 0 aliphatic carbocycles. The van der Waals surface area contributed by atoms with E-state index in [0.717, 1.165) is 13.1 Å². The van der Waals surface area contributed by atoms with Gasteiger partial charge in [0.15, 0.2) is 0 Å². The van der Waals surface area contributed by atoms with Crippen LogP contribution in [-0.2, 0) is 9.53 Å². The Labute approximate surface area is 191 Å². The Bertz CT molecular complexity index is 605. The molecule has 0 aromatic rings. The summed E-state index contributed by atoms with van der Waals surface area (Å²) in [5.41, 5.74) is 0.596. The summed E-state index contributed by atoms with van der Waals surface area (Å²) in [6, 6.07) is 0. The van der Waals surface area contributed by atoms with Crippen LogP contribution in [0.1, 0.15) is 79.1 Å². The van der Waals surface area contributed by atoms with Crippen molar-refractivity contribution in [1.82, 2.24) is 4.90 Å². The minimum Gasteiger partial charge on any atom is -0.461 e. The minimum absolute atomic E-state index is 0.273. The van der Waals surface area contributed by atoms with E-state index in [1.807, 2.05) is 74.3 Å². The molecule has 0 radical (unpaired) electrons. The Morgan fingerprint density at radius 3 is 1.74 bits per heavy atom. The van der Waals surface area contributed by atoms with Gasteiger partial charge in [0.25, 0.3) is 0 Å². The van der Waals surface area contributed by atoms with Crippen molar-refractivity contribution in [1.29, 1.82) is 0 Å². The lowest BCUT2D eigenvalue weighted by atomic mass is 10.1. The monoisotopic (exact) mass is 427 g/mol. The summed E-state index contributed by atoms with van der Waals surface area (Å²) in [4.78, 5) is 14.1. The standard InChI is InChI=1S/C28H45NO2/c1-5-9-10-11-12-13-14-15-16-17-18-19-20-21-22-23-24-25-26-27(28(30)31-8-4)29(6-2)7-3/h16-26H,5-15H2,1-4H3. The van der Waals surface area contributed by atoms with Gasteiger partial charge in [0.2, 0.25) is 0 Å². The first kappa shape index (κ1) is 28.7. The number of carbonyl (C=O) groups excluding carboxylic acids is 1. The smallest absolute Gasteiger partial charge is 0.354 e. The van der Waals surface area contributed by atoms with Crippen LogP contribution < -0.4 is 0 Å². The lowest BCUT2D eigenvalue weighted by molar-refractivity contribution is -0.140. The summed E-state index contributed by atoms with van der Waals surface area (Å²) in [7, 11) is 0. The minimum atomic E-state index is -0.273. The maximum Gasteiger partial charge on any atom is 0.354 e. The van der Waals surface area contributed by atoms with Crippen LogP contribution >= 0.6 is 0 Å². The molecule has 0 aromatic carbocycles. The Hall–Kier alpha value is -2.29. The van der Waals surface area contributed by atoms with E-state index < -0.39 is 0 Å². The SMILES string of the molecule is CCCCCCCCCC=CC=CC=CC=CC=CC=C(C(=O)OCC)N(CC)CC. The Morgan fingerprint density at radius 1 is 0.677 bits per heavy atom. The number of hydrogen-bond donors (Lipinski definition) is 0. The van der Waals surface area contributed by atoms with E-state index in [1.165, 1.54) is 51.4 Å². The van der Waals surface area contributed by atoms with Gasteiger partial charge in [0.1, 0.15) is 5.70 Å². The highest BCUT2D eigenvalue weighted by atomic mass is 16.5. The second-order valence-corrected chi connectivity index (χ2v) is 7.32. The molecule has 0 aliphatic heterocycles. The van der Waals surface area contributed by atoms with Gasteiger partial charge in [-0.1, -0.05) is 106 Å². The lowest BCUT2D eigenvalue weighted by Gasteiger charge is -2.22. The summed E-state index contributed by atoms with van der Waals surface area (Å²) >= 11 is 0. The molecule has 0 saturated carbocycles. The van der Waals surface area contributed by atoms with Crippen LogP contribution in [0, 0.1) is 0 Å². The highest BCUT2D eigenvalue weighted by Gasteiger charge is 2.14. The zero-order valence-corrected chi connectivity index (χ0v) is 20.4. The van der Waals surface area contributed by atoms with Crippen LogP contribution in [0.2, 0.25) is 0 Å². The number of allylic oxidation sites excluding steroid dienone is 11. The normalized spacial score (nSPS) is 13.0. The van der Waals surface area contributed by atoms with Crippen LogP contribution in [0.5, 0.6) is 0 Å². The highest BCUT2D eigenvalue weighted by molar-refractivity contribution is 5.88. The van der Waals surface area contributed by atoms with E-state index in [1.54, 1.807) is 0 Å². The first-order chi connectivity index (χ1) is 15.2. The third-order valence-corrected chi connectivity index (χ3v) is 4.84. The Kier molecular flexibility index (Phi) is 20.7. The molecular formula is C28H45NO2. The molecule has 3 heteroatoms. The summed E-state index contributed by atoms with van der Waals surface area (Å²) in [6.45, 7) is 10.1. The number of nitrogens with zero attached hydrogens (tertiary/aromatic N) is 1. The third-order valence-electron chi connectivity index (χ3n) is 4.84. The average Bonchev–Trinajstić information content (AvgIpc) is 2.77. The molecular weight excluding hydrogens is 382 g/mol. The maximum atomic E-state index is 12.1. The van der Waals surface area contributed by atoms with Crippen molar-refractivity contribution in [3.63, 3.8) is 0 Å². The number of ether oxygens (including phenoxy) is 1. The maximum absolute atomic E-state index is 12.1. The first-order valence-electron chi connectivity index (χ1n) is 12.2. The predicted molar refractivity (Wildman–Crippen MR) is 136 cm³/mol. The summed E-state index contributed by atoms with van der Waals surface area (Å²) in [6.07, 6.45) is 32.7. The quantitative estimate of drug-likeness (QED) is 0.0971. The van der Waals surface area contributed by atoms with Crippen molar-refractivity contribution in [2.45, 2.75) is 79.1 Å². The van der Waals surface area contributed by atoms with Crippen LogP contribution in [0.15, 0.2) is 72.5 Å². The average molecular weight is 428 g/mol. The molecule has 0 N–H and O–H groups in total. The van der Waals surface area contributed by atoms with E-state index in [9.17, 15) is 4.79 Å². The topological polar surface area (TPSA) is 29.5 Å². The molecule has 0 spiro atoms. The number of esters is 1. The van der Waals surface area contributed by atoms with E-state index >= 15 is 0 Å². The van der Waals surface area contributed by atoms with E-state index in [2.05, 4.69) is 25.2 Å². The van der Waals surface area contributed by atoms with Gasteiger partial charge < -0.3 is 9.64 Å². The summed E-state index contributed by atoms with van der Waals surface area (Å²) in [5, 5.41) is 0. The highest BCUT2D eigenvalue weighted by Crippen LogP contribution is 2.09. The third kappa shape index (κ3) is 17.1. The molecule has 0 fully saturated rings.